The normalized spacial score (nSPS) is 21.4. The summed E-state index contributed by atoms with van der Waals surface area (Å²) in [5.41, 5.74) is 2.25. The van der Waals surface area contributed by atoms with Gasteiger partial charge in [-0.2, -0.15) is 5.10 Å². The number of rotatable bonds is 3. The van der Waals surface area contributed by atoms with Crippen molar-refractivity contribution in [1.29, 1.82) is 0 Å². The Morgan fingerprint density at radius 2 is 2.15 bits per heavy atom. The minimum atomic E-state index is -0.790. The maximum Gasteiger partial charge on any atom is 0.306 e. The number of carbonyl (C=O) groups excluding carboxylic acids is 1. The first-order valence-electron chi connectivity index (χ1n) is 6.52. The van der Waals surface area contributed by atoms with E-state index < -0.39 is 5.97 Å². The number of nitrogens with zero attached hydrogens (tertiary/aromatic N) is 1. The number of aromatic nitrogens is 2. The van der Waals surface area contributed by atoms with Crippen molar-refractivity contribution in [2.75, 3.05) is 0 Å². The Bertz CT molecular complexity index is 686. The number of amides is 1. The molecule has 20 heavy (non-hydrogen) atoms. The summed E-state index contributed by atoms with van der Waals surface area (Å²) in [6.07, 6.45) is 2.68. The zero-order valence-corrected chi connectivity index (χ0v) is 11.0. The van der Waals surface area contributed by atoms with Crippen molar-refractivity contribution in [2.45, 2.75) is 25.8 Å². The van der Waals surface area contributed by atoms with E-state index in [1.165, 1.54) is 0 Å². The predicted molar refractivity (Wildman–Crippen MR) is 72.4 cm³/mol. The molecule has 1 saturated carbocycles. The lowest BCUT2D eigenvalue weighted by Gasteiger charge is -2.32. The second-order valence-corrected chi connectivity index (χ2v) is 5.32. The van der Waals surface area contributed by atoms with Gasteiger partial charge >= 0.3 is 5.97 Å². The Hall–Kier alpha value is -2.37. The fraction of sp³-hybridized carbons (Fsp3) is 0.357. The van der Waals surface area contributed by atoms with E-state index in [9.17, 15) is 9.59 Å². The highest BCUT2D eigenvalue weighted by atomic mass is 16.4. The number of nitrogens with one attached hydrogen (secondary N) is 2. The molecule has 1 heterocycles. The molecule has 1 aliphatic carbocycles. The summed E-state index contributed by atoms with van der Waals surface area (Å²) < 4.78 is 0. The monoisotopic (exact) mass is 273 g/mol. The molecule has 3 rings (SSSR count). The molecule has 0 radical (unpaired) electrons. The van der Waals surface area contributed by atoms with Gasteiger partial charge in [0.2, 0.25) is 0 Å². The summed E-state index contributed by atoms with van der Waals surface area (Å²) in [6, 6.07) is 3.71. The number of carbonyl (C=O) groups is 2. The summed E-state index contributed by atoms with van der Waals surface area (Å²) in [7, 11) is 0. The average molecular weight is 273 g/mol. The lowest BCUT2D eigenvalue weighted by atomic mass is 9.80. The van der Waals surface area contributed by atoms with E-state index >= 15 is 0 Å². The molecule has 6 heteroatoms. The van der Waals surface area contributed by atoms with Crippen LogP contribution in [0.5, 0.6) is 0 Å². The molecule has 1 aromatic carbocycles. The van der Waals surface area contributed by atoms with Gasteiger partial charge in [-0.05, 0) is 37.5 Å². The summed E-state index contributed by atoms with van der Waals surface area (Å²) in [6.45, 7) is 1.92. The second-order valence-electron chi connectivity index (χ2n) is 5.32. The van der Waals surface area contributed by atoms with E-state index in [-0.39, 0.29) is 17.9 Å². The smallest absolute Gasteiger partial charge is 0.306 e. The predicted octanol–water partition coefficient (Wildman–Crippen LogP) is 1.46. The molecule has 1 fully saturated rings. The van der Waals surface area contributed by atoms with Crippen LogP contribution in [0.25, 0.3) is 10.9 Å². The van der Waals surface area contributed by atoms with Crippen LogP contribution in [-0.4, -0.2) is 33.2 Å². The Morgan fingerprint density at radius 1 is 1.40 bits per heavy atom. The molecular formula is C14H15N3O3. The van der Waals surface area contributed by atoms with Crippen LogP contribution in [0, 0.1) is 12.8 Å². The quantitative estimate of drug-likeness (QED) is 0.789. The molecule has 0 saturated heterocycles. The van der Waals surface area contributed by atoms with Crippen LogP contribution in [0.3, 0.4) is 0 Å². The van der Waals surface area contributed by atoms with Gasteiger partial charge in [0.15, 0.2) is 0 Å². The highest BCUT2D eigenvalue weighted by Crippen LogP contribution is 2.28. The van der Waals surface area contributed by atoms with E-state index in [0.29, 0.717) is 23.9 Å². The molecular weight excluding hydrogens is 258 g/mol. The first-order valence-corrected chi connectivity index (χ1v) is 6.52. The van der Waals surface area contributed by atoms with Crippen LogP contribution in [-0.2, 0) is 4.79 Å². The van der Waals surface area contributed by atoms with Gasteiger partial charge in [-0.1, -0.05) is 0 Å². The van der Waals surface area contributed by atoms with Crippen molar-refractivity contribution in [3.05, 3.63) is 29.5 Å². The number of fused-ring (bicyclic) bond motifs is 1. The summed E-state index contributed by atoms with van der Waals surface area (Å²) in [4.78, 5) is 23.0. The van der Waals surface area contributed by atoms with Gasteiger partial charge in [0.05, 0.1) is 23.2 Å². The highest BCUT2D eigenvalue weighted by molar-refractivity contribution is 6.05. The number of aromatic amines is 1. The highest BCUT2D eigenvalue weighted by Gasteiger charge is 2.35. The third-order valence-electron chi connectivity index (χ3n) is 3.76. The third-order valence-corrected chi connectivity index (χ3v) is 3.76. The summed E-state index contributed by atoms with van der Waals surface area (Å²) in [5, 5.41) is 19.4. The van der Waals surface area contributed by atoms with Gasteiger partial charge in [-0.25, -0.2) is 0 Å². The van der Waals surface area contributed by atoms with Crippen LogP contribution in [0.1, 0.15) is 28.8 Å². The molecule has 3 N–H and O–H groups in total. The van der Waals surface area contributed by atoms with Crippen molar-refractivity contribution in [2.24, 2.45) is 5.92 Å². The van der Waals surface area contributed by atoms with Crippen LogP contribution < -0.4 is 5.32 Å². The lowest BCUT2D eigenvalue weighted by molar-refractivity contribution is -0.145. The van der Waals surface area contributed by atoms with Crippen molar-refractivity contribution >= 4 is 22.8 Å². The van der Waals surface area contributed by atoms with Gasteiger partial charge < -0.3 is 10.4 Å². The minimum Gasteiger partial charge on any atom is -0.481 e. The zero-order valence-electron chi connectivity index (χ0n) is 11.0. The molecule has 1 aliphatic rings. The lowest BCUT2D eigenvalue weighted by Crippen LogP contribution is -2.46. The van der Waals surface area contributed by atoms with Gasteiger partial charge in [0.1, 0.15) is 0 Å². The van der Waals surface area contributed by atoms with E-state index in [1.807, 2.05) is 19.1 Å². The fourth-order valence-corrected chi connectivity index (χ4v) is 2.59. The molecule has 0 spiro atoms. The van der Waals surface area contributed by atoms with E-state index in [4.69, 9.17) is 5.11 Å². The standard InChI is InChI=1S/C14H15N3O3/c1-7-2-9-6-15-17-12(9)11(3-7)13(18)16-10-4-8(5-10)14(19)20/h2-3,6,8,10H,4-5H2,1H3,(H,15,17)(H,16,18)(H,19,20). The van der Waals surface area contributed by atoms with E-state index in [0.717, 1.165) is 10.9 Å². The molecule has 0 aliphatic heterocycles. The van der Waals surface area contributed by atoms with Gasteiger partial charge in [-0.15, -0.1) is 0 Å². The van der Waals surface area contributed by atoms with Crippen molar-refractivity contribution < 1.29 is 14.7 Å². The molecule has 6 nitrogen and oxygen atoms in total. The number of benzene rings is 1. The SMILES string of the molecule is Cc1cc(C(=O)NC2CC(C(=O)O)C2)c2[nH]ncc2c1. The Labute approximate surface area is 115 Å². The number of hydrogen-bond acceptors (Lipinski definition) is 3. The molecule has 0 unspecified atom stereocenters. The van der Waals surface area contributed by atoms with Crippen LogP contribution >= 0.6 is 0 Å². The van der Waals surface area contributed by atoms with Crippen LogP contribution in [0.15, 0.2) is 18.3 Å². The summed E-state index contributed by atoms with van der Waals surface area (Å²) in [5.74, 6) is -1.30. The molecule has 0 atom stereocenters. The molecule has 1 aromatic heterocycles. The number of aryl methyl sites for hydroxylation is 1. The van der Waals surface area contributed by atoms with Crippen molar-refractivity contribution in [3.8, 4) is 0 Å². The minimum absolute atomic E-state index is 0.0536. The summed E-state index contributed by atoms with van der Waals surface area (Å²) >= 11 is 0. The number of H-pyrrole nitrogens is 1. The molecule has 104 valence electrons. The topological polar surface area (TPSA) is 95.1 Å². The molecule has 0 bridgehead atoms. The Balaban J connectivity index is 1.76. The molecule has 1 amide bonds. The Kier molecular flexibility index (Phi) is 2.93. The van der Waals surface area contributed by atoms with Crippen molar-refractivity contribution in [3.63, 3.8) is 0 Å². The largest absolute Gasteiger partial charge is 0.481 e. The van der Waals surface area contributed by atoms with Gasteiger partial charge in [0, 0.05) is 11.4 Å². The number of carboxylic acids is 1. The Morgan fingerprint density at radius 3 is 2.85 bits per heavy atom. The van der Waals surface area contributed by atoms with Gasteiger partial charge in [-0.3, -0.25) is 14.7 Å². The zero-order chi connectivity index (χ0) is 14.3. The van der Waals surface area contributed by atoms with Crippen LogP contribution in [0.2, 0.25) is 0 Å². The van der Waals surface area contributed by atoms with E-state index in [1.54, 1.807) is 6.20 Å². The molecule has 2 aromatic rings. The van der Waals surface area contributed by atoms with Crippen LogP contribution in [0.4, 0.5) is 0 Å². The van der Waals surface area contributed by atoms with Gasteiger partial charge in [0.25, 0.3) is 5.91 Å². The first-order chi connectivity index (χ1) is 9.54. The number of hydrogen-bond donors (Lipinski definition) is 3. The fourth-order valence-electron chi connectivity index (χ4n) is 2.59. The first kappa shape index (κ1) is 12.7. The van der Waals surface area contributed by atoms with Crippen molar-refractivity contribution in [1.82, 2.24) is 15.5 Å². The second kappa shape index (κ2) is 4.63. The maximum absolute atomic E-state index is 12.3. The third kappa shape index (κ3) is 2.13. The maximum atomic E-state index is 12.3. The average Bonchev–Trinajstić information content (AvgIpc) is 2.79. The van der Waals surface area contributed by atoms with E-state index in [2.05, 4.69) is 15.5 Å². The number of aliphatic carboxylic acids is 1. The number of carboxylic acid groups (broad SMARTS) is 1.